The number of aromatic nitrogens is 4. The van der Waals surface area contributed by atoms with E-state index in [2.05, 4.69) is 18.9 Å². The Labute approximate surface area is 227 Å². The van der Waals surface area contributed by atoms with Crippen molar-refractivity contribution >= 4 is 16.8 Å². The van der Waals surface area contributed by atoms with Gasteiger partial charge in [0.25, 0.3) is 5.91 Å². The number of carbonyl (C=O) groups excluding carboxylic acids is 1. The third kappa shape index (κ3) is 4.91. The number of halogens is 2. The van der Waals surface area contributed by atoms with E-state index in [0.717, 1.165) is 12.0 Å². The van der Waals surface area contributed by atoms with Crippen molar-refractivity contribution in [2.24, 2.45) is 18.9 Å². The van der Waals surface area contributed by atoms with Crippen LogP contribution in [0.3, 0.4) is 0 Å². The number of rotatable bonds is 4. The van der Waals surface area contributed by atoms with Crippen LogP contribution in [0.15, 0.2) is 30.3 Å². The van der Waals surface area contributed by atoms with Gasteiger partial charge < -0.3 is 4.90 Å². The Morgan fingerprint density at radius 3 is 2.49 bits per heavy atom. The molecule has 9 heteroatoms. The molecule has 1 aliphatic rings. The molecule has 204 valence electrons. The van der Waals surface area contributed by atoms with Crippen LogP contribution in [0.1, 0.15) is 61.4 Å². The molecular formula is C30H34F2N6O. The highest BCUT2D eigenvalue weighted by atomic mass is 19.1. The average Bonchev–Trinajstić information content (AvgIpc) is 3.61. The fraction of sp³-hybridized carbons (Fsp3) is 0.400. The van der Waals surface area contributed by atoms with Gasteiger partial charge in [0, 0.05) is 25.7 Å². The zero-order valence-electron chi connectivity index (χ0n) is 23.5. The number of benzene rings is 2. The van der Waals surface area contributed by atoms with Crippen molar-refractivity contribution in [1.29, 1.82) is 5.26 Å². The maximum absolute atomic E-state index is 14.8. The Morgan fingerprint density at radius 2 is 1.87 bits per heavy atom. The van der Waals surface area contributed by atoms with Gasteiger partial charge in [-0.1, -0.05) is 27.7 Å². The van der Waals surface area contributed by atoms with Crippen molar-refractivity contribution in [3.05, 3.63) is 64.6 Å². The lowest BCUT2D eigenvalue weighted by Crippen LogP contribution is -2.30. The summed E-state index contributed by atoms with van der Waals surface area (Å²) in [6.07, 6.45) is 0.937. The summed E-state index contributed by atoms with van der Waals surface area (Å²) in [5, 5.41) is 13.7. The molecule has 1 fully saturated rings. The molecule has 3 heterocycles. The molecular weight excluding hydrogens is 498 g/mol. The molecule has 4 aromatic rings. The lowest BCUT2D eigenvalue weighted by Gasteiger charge is -2.18. The number of hydrogen-bond donors (Lipinski definition) is 0. The van der Waals surface area contributed by atoms with Crippen LogP contribution in [0.4, 0.5) is 8.78 Å². The molecule has 39 heavy (non-hydrogen) atoms. The monoisotopic (exact) mass is 532 g/mol. The van der Waals surface area contributed by atoms with E-state index in [1.54, 1.807) is 29.7 Å². The van der Waals surface area contributed by atoms with E-state index in [4.69, 9.17) is 4.98 Å². The van der Waals surface area contributed by atoms with Crippen molar-refractivity contribution < 1.29 is 13.6 Å². The summed E-state index contributed by atoms with van der Waals surface area (Å²) < 4.78 is 32.4. The smallest absolute Gasteiger partial charge is 0.274 e. The Balaban J connectivity index is 0.00000172. The fourth-order valence-corrected chi connectivity index (χ4v) is 5.15. The molecule has 7 nitrogen and oxygen atoms in total. The lowest BCUT2D eigenvalue weighted by molar-refractivity contribution is 0.0778. The summed E-state index contributed by atoms with van der Waals surface area (Å²) in [5.74, 6) is -0.0938. The molecule has 0 N–H and O–H groups in total. The molecule has 1 saturated heterocycles. The quantitative estimate of drug-likeness (QED) is 0.307. The van der Waals surface area contributed by atoms with E-state index < -0.39 is 11.8 Å². The molecule has 1 unspecified atom stereocenters. The van der Waals surface area contributed by atoms with E-state index in [1.165, 1.54) is 23.9 Å². The Morgan fingerprint density at radius 1 is 1.15 bits per heavy atom. The number of fused-ring (bicyclic) bond motifs is 1. The highest BCUT2D eigenvalue weighted by Crippen LogP contribution is 2.33. The van der Waals surface area contributed by atoms with Gasteiger partial charge in [-0.05, 0) is 68.0 Å². The van der Waals surface area contributed by atoms with E-state index in [9.17, 15) is 18.8 Å². The zero-order chi connectivity index (χ0) is 28.6. The number of imidazole rings is 1. The second-order valence-corrected chi connectivity index (χ2v) is 10.1. The normalized spacial score (nSPS) is 15.0. The Hall–Kier alpha value is -4.06. The predicted octanol–water partition coefficient (Wildman–Crippen LogP) is 6.34. The average molecular weight is 533 g/mol. The summed E-state index contributed by atoms with van der Waals surface area (Å²) in [7, 11) is 1.54. The molecule has 2 aromatic carbocycles. The van der Waals surface area contributed by atoms with Crippen LogP contribution in [0.2, 0.25) is 0 Å². The number of hydrogen-bond acceptors (Lipinski definition) is 4. The number of nitriles is 1. The van der Waals surface area contributed by atoms with Crippen LogP contribution >= 0.6 is 0 Å². The third-order valence-corrected chi connectivity index (χ3v) is 7.43. The largest absolute Gasteiger partial charge is 0.337 e. The van der Waals surface area contributed by atoms with Gasteiger partial charge in [-0.3, -0.25) is 9.36 Å². The van der Waals surface area contributed by atoms with Gasteiger partial charge in [0.15, 0.2) is 0 Å². The molecule has 5 rings (SSSR count). The number of aryl methyl sites for hydroxylation is 2. The van der Waals surface area contributed by atoms with E-state index in [1.807, 2.05) is 31.7 Å². The van der Waals surface area contributed by atoms with Crippen molar-refractivity contribution in [2.75, 3.05) is 13.1 Å². The first-order valence-electron chi connectivity index (χ1n) is 13.3. The minimum Gasteiger partial charge on any atom is -0.337 e. The van der Waals surface area contributed by atoms with Gasteiger partial charge in [0.2, 0.25) is 5.95 Å². The second kappa shape index (κ2) is 11.0. The Kier molecular flexibility index (Phi) is 7.86. The maximum Gasteiger partial charge on any atom is 0.274 e. The van der Waals surface area contributed by atoms with Crippen LogP contribution in [0.5, 0.6) is 0 Å². The predicted molar refractivity (Wildman–Crippen MR) is 148 cm³/mol. The number of nitrogens with zero attached hydrogens (tertiary/aromatic N) is 6. The van der Waals surface area contributed by atoms with Crippen molar-refractivity contribution in [3.63, 3.8) is 0 Å². The molecule has 0 saturated carbocycles. The first-order chi connectivity index (χ1) is 18.6. The van der Waals surface area contributed by atoms with Gasteiger partial charge in [-0.15, -0.1) is 0 Å². The zero-order valence-corrected chi connectivity index (χ0v) is 23.5. The van der Waals surface area contributed by atoms with Crippen molar-refractivity contribution in [1.82, 2.24) is 24.2 Å². The highest BCUT2D eigenvalue weighted by Gasteiger charge is 2.32. The topological polar surface area (TPSA) is 79.7 Å². The summed E-state index contributed by atoms with van der Waals surface area (Å²) in [6, 6.07) is 9.54. The van der Waals surface area contributed by atoms with E-state index in [-0.39, 0.29) is 17.2 Å². The highest BCUT2D eigenvalue weighted by molar-refractivity contribution is 5.95. The van der Waals surface area contributed by atoms with Gasteiger partial charge in [-0.25, -0.2) is 14.1 Å². The van der Waals surface area contributed by atoms with Gasteiger partial charge in [-0.2, -0.15) is 14.8 Å². The first kappa shape index (κ1) is 28.0. The fourth-order valence-electron chi connectivity index (χ4n) is 5.15. The van der Waals surface area contributed by atoms with Crippen LogP contribution in [-0.4, -0.2) is 43.2 Å². The maximum atomic E-state index is 14.8. The number of amides is 1. The molecule has 0 spiro atoms. The van der Waals surface area contributed by atoms with Crippen LogP contribution in [0.25, 0.3) is 28.0 Å². The molecule has 0 bridgehead atoms. The molecule has 0 aliphatic carbocycles. The second-order valence-electron chi connectivity index (χ2n) is 10.1. The molecule has 2 aromatic heterocycles. The minimum atomic E-state index is -0.676. The van der Waals surface area contributed by atoms with Gasteiger partial charge in [0.1, 0.15) is 23.4 Å². The summed E-state index contributed by atoms with van der Waals surface area (Å²) in [5.41, 5.74) is 3.09. The lowest BCUT2D eigenvalue weighted by atomic mass is 9.95. The molecule has 1 aliphatic heterocycles. The van der Waals surface area contributed by atoms with Crippen molar-refractivity contribution in [3.8, 4) is 23.1 Å². The minimum absolute atomic E-state index is 0.0818. The van der Waals surface area contributed by atoms with Crippen LogP contribution < -0.4 is 0 Å². The molecule has 1 amide bonds. The standard InChI is InChI=1S/C28H28F2N6O.C2H6/c1-15(2)20-8-9-35(14-20)28(37)25-17(4)36(27(32-25)18-6-7-19(13-31)22(29)11-18)24-12-21-23(10-16(24)3)33-34(5)26(21)30;1-2/h6-7,10-12,15,20H,8-9,14H2,1-5H3;1-2H3. The van der Waals surface area contributed by atoms with Crippen LogP contribution in [-0.2, 0) is 7.05 Å². The van der Waals surface area contributed by atoms with Gasteiger partial charge >= 0.3 is 0 Å². The third-order valence-electron chi connectivity index (χ3n) is 7.43. The van der Waals surface area contributed by atoms with E-state index in [0.29, 0.717) is 58.6 Å². The van der Waals surface area contributed by atoms with Gasteiger partial charge in [0.05, 0.1) is 27.8 Å². The Bertz CT molecular complexity index is 1590. The SMILES string of the molecule is CC.Cc1cc2nn(C)c(F)c2cc1-n1c(-c2ccc(C#N)c(F)c2)nc(C(=O)N2CCC(C(C)C)C2)c1C. The molecule has 0 radical (unpaired) electrons. The molecule has 1 atom stereocenters. The summed E-state index contributed by atoms with van der Waals surface area (Å²) in [4.78, 5) is 20.2. The number of carbonyl (C=O) groups is 1. The van der Waals surface area contributed by atoms with Crippen molar-refractivity contribution in [2.45, 2.75) is 48.0 Å². The van der Waals surface area contributed by atoms with E-state index >= 15 is 0 Å². The summed E-state index contributed by atoms with van der Waals surface area (Å²) in [6.45, 7) is 13.3. The summed E-state index contributed by atoms with van der Waals surface area (Å²) >= 11 is 0. The first-order valence-corrected chi connectivity index (χ1v) is 13.3. The van der Waals surface area contributed by atoms with Crippen LogP contribution in [0, 0.1) is 48.8 Å². The number of likely N-dealkylation sites (tertiary alicyclic amines) is 1.